The Hall–Kier alpha value is -1.15. The Morgan fingerprint density at radius 3 is 1.72 bits per heavy atom. The Bertz CT molecular complexity index is 360. The topological polar surface area (TPSA) is 120 Å². The van der Waals surface area contributed by atoms with Gasteiger partial charge in [0.2, 0.25) is 0 Å². The lowest BCUT2D eigenvalue weighted by Crippen LogP contribution is -2.44. The first kappa shape index (κ1) is 16.9. The number of nitrogens with two attached hydrogens (primary N) is 1. The van der Waals surface area contributed by atoms with E-state index in [0.29, 0.717) is 0 Å². The maximum atomic E-state index is 9.10. The third kappa shape index (κ3) is 5.97. The molecule has 102 valence electrons. The predicted molar refractivity (Wildman–Crippen MR) is 71.1 cm³/mol. The van der Waals surface area contributed by atoms with Crippen LogP contribution >= 0.6 is 0 Å². The zero-order chi connectivity index (χ0) is 14.6. The first-order valence-corrected chi connectivity index (χ1v) is 5.48. The van der Waals surface area contributed by atoms with Crippen LogP contribution in [0.2, 0.25) is 0 Å². The normalized spacial score (nSPS) is 11.6. The Balaban J connectivity index is 0.000000331. The van der Waals surface area contributed by atoms with Gasteiger partial charge < -0.3 is 26.0 Å². The summed E-state index contributed by atoms with van der Waals surface area (Å²) in [4.78, 5) is 3.65. The lowest BCUT2D eigenvalue weighted by atomic mass is 9.86. The van der Waals surface area contributed by atoms with E-state index in [1.807, 2.05) is 0 Å². The molecule has 0 unspecified atom stereocenters. The van der Waals surface area contributed by atoms with Crippen molar-refractivity contribution in [2.24, 2.45) is 0 Å². The number of pyridine rings is 1. The zero-order valence-corrected chi connectivity index (χ0v) is 11.1. The summed E-state index contributed by atoms with van der Waals surface area (Å²) in [6.45, 7) is 6.31. The van der Waals surface area contributed by atoms with Crippen LogP contribution in [0.3, 0.4) is 0 Å². The number of anilines is 1. The highest BCUT2D eigenvalue weighted by Gasteiger charge is 2.31. The number of aromatic nitrogens is 1. The van der Waals surface area contributed by atoms with E-state index >= 15 is 0 Å². The molecule has 1 heterocycles. The van der Waals surface area contributed by atoms with E-state index in [1.54, 1.807) is 39.8 Å². The van der Waals surface area contributed by atoms with Crippen molar-refractivity contribution in [3.05, 3.63) is 18.2 Å². The molecule has 0 aliphatic rings. The van der Waals surface area contributed by atoms with Gasteiger partial charge in [-0.15, -0.1) is 0 Å². The number of nitrogens with zero attached hydrogens (tertiary/aromatic N) is 1. The lowest BCUT2D eigenvalue weighted by molar-refractivity contribution is -0.107. The molecule has 0 saturated carbocycles. The molecular formula is C11H21BN2O4. The minimum atomic E-state index is -1.54. The predicted octanol–water partition coefficient (Wildman–Crippen LogP) is -1.13. The smallest absolute Gasteiger partial charge is 0.422 e. The molecule has 0 saturated heterocycles. The third-order valence-corrected chi connectivity index (χ3v) is 2.55. The molecule has 0 bridgehead atoms. The van der Waals surface area contributed by atoms with Gasteiger partial charge in [-0.25, -0.2) is 4.98 Å². The Labute approximate surface area is 107 Å². The molecule has 6 nitrogen and oxygen atoms in total. The number of hydrogen-bond donors (Lipinski definition) is 5. The monoisotopic (exact) mass is 256 g/mol. The van der Waals surface area contributed by atoms with Crippen molar-refractivity contribution in [1.82, 2.24) is 4.98 Å². The van der Waals surface area contributed by atoms with Crippen molar-refractivity contribution in [1.29, 1.82) is 0 Å². The van der Waals surface area contributed by atoms with Crippen LogP contribution in [0, 0.1) is 0 Å². The SMILES string of the molecule is CC(C)(O)C(C)(C)O.Nc1cccc(B(O)O)n1. The molecule has 0 atom stereocenters. The van der Waals surface area contributed by atoms with E-state index in [4.69, 9.17) is 26.0 Å². The fraction of sp³-hybridized carbons (Fsp3) is 0.545. The average molecular weight is 256 g/mol. The van der Waals surface area contributed by atoms with Crippen LogP contribution in [0.5, 0.6) is 0 Å². The highest BCUT2D eigenvalue weighted by atomic mass is 16.4. The van der Waals surface area contributed by atoms with E-state index in [2.05, 4.69) is 4.98 Å². The largest absolute Gasteiger partial charge is 0.508 e. The van der Waals surface area contributed by atoms with Gasteiger partial charge in [0.25, 0.3) is 0 Å². The highest BCUT2D eigenvalue weighted by molar-refractivity contribution is 6.57. The van der Waals surface area contributed by atoms with Crippen LogP contribution in [0.4, 0.5) is 5.82 Å². The second-order valence-corrected chi connectivity index (χ2v) is 4.98. The molecule has 0 aromatic carbocycles. The molecule has 7 heteroatoms. The quantitative estimate of drug-likeness (QED) is 0.427. The molecular weight excluding hydrogens is 235 g/mol. The molecule has 1 aromatic rings. The summed E-state index contributed by atoms with van der Waals surface area (Å²) in [7, 11) is -1.54. The van der Waals surface area contributed by atoms with Gasteiger partial charge in [-0.05, 0) is 39.8 Å². The van der Waals surface area contributed by atoms with E-state index in [0.717, 1.165) is 0 Å². The Morgan fingerprint density at radius 2 is 1.50 bits per heavy atom. The van der Waals surface area contributed by atoms with Gasteiger partial charge >= 0.3 is 7.12 Å². The molecule has 18 heavy (non-hydrogen) atoms. The van der Waals surface area contributed by atoms with E-state index < -0.39 is 18.3 Å². The van der Waals surface area contributed by atoms with Gasteiger partial charge in [0.05, 0.1) is 16.8 Å². The van der Waals surface area contributed by atoms with E-state index in [9.17, 15) is 0 Å². The second kappa shape index (κ2) is 6.15. The molecule has 0 fully saturated rings. The van der Waals surface area contributed by atoms with Crippen LogP contribution in [-0.2, 0) is 0 Å². The third-order valence-electron chi connectivity index (χ3n) is 2.55. The van der Waals surface area contributed by atoms with Crippen molar-refractivity contribution in [2.75, 3.05) is 5.73 Å². The molecule has 1 aromatic heterocycles. The number of nitrogen functional groups attached to an aromatic ring is 1. The van der Waals surface area contributed by atoms with E-state index in [1.165, 1.54) is 6.07 Å². The summed E-state index contributed by atoms with van der Waals surface area (Å²) in [6.07, 6.45) is 0. The van der Waals surface area contributed by atoms with Gasteiger partial charge in [-0.3, -0.25) is 0 Å². The first-order valence-electron chi connectivity index (χ1n) is 5.48. The lowest BCUT2D eigenvalue weighted by Gasteiger charge is -2.31. The minimum absolute atomic E-state index is 0.167. The molecule has 0 radical (unpaired) electrons. The number of hydrogen-bond acceptors (Lipinski definition) is 6. The van der Waals surface area contributed by atoms with Crippen LogP contribution in [0.15, 0.2) is 18.2 Å². The van der Waals surface area contributed by atoms with Crippen molar-refractivity contribution in [2.45, 2.75) is 38.9 Å². The maximum Gasteiger partial charge on any atom is 0.508 e. The van der Waals surface area contributed by atoms with E-state index in [-0.39, 0.29) is 11.4 Å². The number of aliphatic hydroxyl groups is 2. The Kier molecular flexibility index (Phi) is 5.76. The van der Waals surface area contributed by atoms with Crippen molar-refractivity contribution in [3.63, 3.8) is 0 Å². The van der Waals surface area contributed by atoms with Crippen molar-refractivity contribution >= 4 is 18.5 Å². The average Bonchev–Trinajstić information content (AvgIpc) is 2.15. The summed E-state index contributed by atoms with van der Waals surface area (Å²) in [6, 6.07) is 4.67. The summed E-state index contributed by atoms with van der Waals surface area (Å²) in [5, 5.41) is 35.4. The fourth-order valence-corrected chi connectivity index (χ4v) is 0.613. The second-order valence-electron chi connectivity index (χ2n) is 4.98. The van der Waals surface area contributed by atoms with Crippen LogP contribution in [0.1, 0.15) is 27.7 Å². The zero-order valence-electron chi connectivity index (χ0n) is 11.1. The summed E-state index contributed by atoms with van der Waals surface area (Å²) in [5.41, 5.74) is 3.42. The van der Waals surface area contributed by atoms with Gasteiger partial charge in [-0.2, -0.15) is 0 Å². The summed E-state index contributed by atoms with van der Waals surface area (Å²) in [5.74, 6) is 0.283. The molecule has 0 spiro atoms. The maximum absolute atomic E-state index is 9.10. The van der Waals surface area contributed by atoms with Gasteiger partial charge in [-0.1, -0.05) is 6.07 Å². The molecule has 0 aliphatic carbocycles. The van der Waals surface area contributed by atoms with Gasteiger partial charge in [0, 0.05) is 0 Å². The summed E-state index contributed by atoms with van der Waals surface area (Å²) < 4.78 is 0. The van der Waals surface area contributed by atoms with Crippen LogP contribution in [-0.4, -0.2) is 43.6 Å². The minimum Gasteiger partial charge on any atom is -0.422 e. The standard InChI is InChI=1S/C6H14O2.C5H7BN2O2/c1-5(2,7)6(3,4)8;7-5-3-1-2-4(8-5)6(9)10/h7-8H,1-4H3;1-3,9-10H,(H2,7,8). The molecule has 6 N–H and O–H groups in total. The van der Waals surface area contributed by atoms with Crippen molar-refractivity contribution in [3.8, 4) is 0 Å². The van der Waals surface area contributed by atoms with Gasteiger partial charge in [0.15, 0.2) is 0 Å². The number of rotatable bonds is 2. The van der Waals surface area contributed by atoms with Crippen LogP contribution in [0.25, 0.3) is 0 Å². The molecule has 0 aliphatic heterocycles. The summed E-state index contributed by atoms with van der Waals surface area (Å²) >= 11 is 0. The van der Waals surface area contributed by atoms with Crippen molar-refractivity contribution < 1.29 is 20.3 Å². The molecule has 0 amide bonds. The fourth-order valence-electron chi connectivity index (χ4n) is 0.613. The van der Waals surface area contributed by atoms with Gasteiger partial charge in [0.1, 0.15) is 5.82 Å². The first-order chi connectivity index (χ1) is 7.95. The Morgan fingerprint density at radius 1 is 1.06 bits per heavy atom. The molecule has 1 rings (SSSR count). The highest BCUT2D eigenvalue weighted by Crippen LogP contribution is 2.19. The van der Waals surface area contributed by atoms with Crippen LogP contribution < -0.4 is 11.3 Å².